The van der Waals surface area contributed by atoms with Gasteiger partial charge in [0.25, 0.3) is 0 Å². The molecule has 1 aliphatic rings. The molecule has 0 saturated heterocycles. The van der Waals surface area contributed by atoms with Gasteiger partial charge in [-0.2, -0.15) is 0 Å². The lowest BCUT2D eigenvalue weighted by Crippen LogP contribution is -2.28. The Balaban J connectivity index is 0.000000980. The largest absolute Gasteiger partial charge is 0.492 e. The van der Waals surface area contributed by atoms with Crippen LogP contribution >= 0.6 is 12.4 Å². The maximum atomic E-state index is 9.47. The monoisotopic (exact) mass is 214 g/mol. The van der Waals surface area contributed by atoms with E-state index in [1.54, 1.807) is 12.1 Å². The Hall–Kier alpha value is -0.745. The molecule has 5 N–H and O–H groups in total. The molecule has 0 aromatic heterocycles. The molecule has 76 valence electrons. The number of rotatable bonds is 1. The van der Waals surface area contributed by atoms with E-state index in [2.05, 4.69) is 0 Å². The highest BCUT2D eigenvalue weighted by atomic mass is 35.5. The van der Waals surface area contributed by atoms with Gasteiger partial charge in [0.05, 0.1) is 6.10 Å². The van der Waals surface area contributed by atoms with Crippen LogP contribution in [0.5, 0.6) is 0 Å². The zero-order chi connectivity index (χ0) is 9.42. The van der Waals surface area contributed by atoms with Crippen molar-refractivity contribution in [2.24, 2.45) is 5.73 Å². The molecule has 4 nitrogen and oxygen atoms in total. The van der Waals surface area contributed by atoms with Crippen LogP contribution in [-0.4, -0.2) is 18.7 Å². The molecule has 0 amide bonds. The smallest absolute Gasteiger partial charge is 0.423 e. The molecule has 0 bridgehead atoms. The molecule has 0 radical (unpaired) electrons. The summed E-state index contributed by atoms with van der Waals surface area (Å²) in [7, 11) is -0.882. The predicted octanol–water partition coefficient (Wildman–Crippen LogP) is -0.592. The minimum Gasteiger partial charge on any atom is -0.423 e. The molecule has 14 heavy (non-hydrogen) atoms. The van der Waals surface area contributed by atoms with E-state index in [-0.39, 0.29) is 18.5 Å². The van der Waals surface area contributed by atoms with Gasteiger partial charge in [0.15, 0.2) is 0 Å². The molecule has 1 unspecified atom stereocenters. The third-order valence-corrected chi connectivity index (χ3v) is 2.23. The molecule has 2 rings (SSSR count). The summed E-state index contributed by atoms with van der Waals surface area (Å²) in [6.07, 6.45) is -0.203. The standard InChI is InChI=1S/C8H11BN2O2.ClH/c10-4-8-6-2-1-5(11)3-7(6)9(12)13-8;/h1-3,8,12H,4,10-11H2;1H. The van der Waals surface area contributed by atoms with Crippen molar-refractivity contribution in [3.8, 4) is 0 Å². The van der Waals surface area contributed by atoms with Crippen molar-refractivity contribution in [2.45, 2.75) is 6.10 Å². The average Bonchev–Trinajstić information content (AvgIpc) is 2.43. The van der Waals surface area contributed by atoms with Crippen LogP contribution in [0.15, 0.2) is 18.2 Å². The van der Waals surface area contributed by atoms with Gasteiger partial charge in [-0.05, 0) is 23.2 Å². The molecule has 1 aromatic carbocycles. The number of anilines is 1. The Labute approximate surface area is 88.8 Å². The van der Waals surface area contributed by atoms with Gasteiger partial charge in [-0.1, -0.05) is 6.07 Å². The van der Waals surface area contributed by atoms with Crippen LogP contribution in [0.1, 0.15) is 11.7 Å². The molecule has 0 fully saturated rings. The van der Waals surface area contributed by atoms with E-state index in [1.165, 1.54) is 0 Å². The summed E-state index contributed by atoms with van der Waals surface area (Å²) in [5.74, 6) is 0. The quantitative estimate of drug-likeness (QED) is 0.431. The minimum atomic E-state index is -0.882. The first-order valence-electron chi connectivity index (χ1n) is 4.15. The summed E-state index contributed by atoms with van der Waals surface area (Å²) in [5, 5.41) is 9.47. The second-order valence-electron chi connectivity index (χ2n) is 3.10. The fourth-order valence-corrected chi connectivity index (χ4v) is 1.59. The van der Waals surface area contributed by atoms with Gasteiger partial charge in [0.2, 0.25) is 0 Å². The number of hydrogen-bond acceptors (Lipinski definition) is 4. The lowest BCUT2D eigenvalue weighted by Gasteiger charge is -2.07. The zero-order valence-corrected chi connectivity index (χ0v) is 8.33. The van der Waals surface area contributed by atoms with Crippen molar-refractivity contribution >= 4 is 30.7 Å². The van der Waals surface area contributed by atoms with Gasteiger partial charge in [0.1, 0.15) is 0 Å². The second-order valence-corrected chi connectivity index (χ2v) is 3.10. The van der Waals surface area contributed by atoms with Crippen LogP contribution in [0, 0.1) is 0 Å². The van der Waals surface area contributed by atoms with Gasteiger partial charge in [-0.15, -0.1) is 12.4 Å². The number of benzene rings is 1. The maximum absolute atomic E-state index is 9.47. The van der Waals surface area contributed by atoms with Gasteiger partial charge < -0.3 is 21.1 Å². The Morgan fingerprint density at radius 2 is 2.21 bits per heavy atom. The first kappa shape index (κ1) is 11.3. The Morgan fingerprint density at radius 3 is 2.86 bits per heavy atom. The van der Waals surface area contributed by atoms with Crippen LogP contribution in [0.3, 0.4) is 0 Å². The topological polar surface area (TPSA) is 81.5 Å². The van der Waals surface area contributed by atoms with Gasteiger partial charge in [0, 0.05) is 12.2 Å². The van der Waals surface area contributed by atoms with E-state index < -0.39 is 7.12 Å². The van der Waals surface area contributed by atoms with E-state index >= 15 is 0 Å². The highest BCUT2D eigenvalue weighted by Crippen LogP contribution is 2.23. The van der Waals surface area contributed by atoms with E-state index in [9.17, 15) is 5.02 Å². The predicted molar refractivity (Wildman–Crippen MR) is 58.6 cm³/mol. The van der Waals surface area contributed by atoms with Crippen molar-refractivity contribution in [1.82, 2.24) is 0 Å². The number of hydrogen-bond donors (Lipinski definition) is 3. The van der Waals surface area contributed by atoms with E-state index in [0.29, 0.717) is 12.2 Å². The van der Waals surface area contributed by atoms with Crippen LogP contribution in [-0.2, 0) is 4.65 Å². The normalized spacial score (nSPS) is 19.0. The zero-order valence-electron chi connectivity index (χ0n) is 7.51. The molecule has 0 saturated carbocycles. The summed E-state index contributed by atoms with van der Waals surface area (Å²) in [4.78, 5) is 0. The minimum absolute atomic E-state index is 0. The van der Waals surface area contributed by atoms with Crippen molar-refractivity contribution in [3.63, 3.8) is 0 Å². The molecule has 1 heterocycles. The molecule has 1 atom stereocenters. The lowest BCUT2D eigenvalue weighted by molar-refractivity contribution is 0.198. The van der Waals surface area contributed by atoms with E-state index in [1.807, 2.05) is 6.07 Å². The number of fused-ring (bicyclic) bond motifs is 1. The van der Waals surface area contributed by atoms with Crippen LogP contribution in [0.25, 0.3) is 0 Å². The van der Waals surface area contributed by atoms with Gasteiger partial charge in [-0.3, -0.25) is 0 Å². The SMILES string of the molecule is Cl.NCC1OB(O)c2cc(N)ccc21. The Morgan fingerprint density at radius 1 is 1.50 bits per heavy atom. The van der Waals surface area contributed by atoms with Crippen LogP contribution in [0.4, 0.5) is 5.69 Å². The maximum Gasteiger partial charge on any atom is 0.492 e. The highest BCUT2D eigenvalue weighted by Gasteiger charge is 2.33. The molecule has 1 aromatic rings. The van der Waals surface area contributed by atoms with Gasteiger partial charge in [-0.25, -0.2) is 0 Å². The van der Waals surface area contributed by atoms with Crippen molar-refractivity contribution < 1.29 is 9.68 Å². The molecule has 6 heteroatoms. The third-order valence-electron chi connectivity index (χ3n) is 2.23. The Kier molecular flexibility index (Phi) is 3.39. The molecule has 0 aliphatic carbocycles. The van der Waals surface area contributed by atoms with Gasteiger partial charge >= 0.3 is 7.12 Å². The van der Waals surface area contributed by atoms with Crippen molar-refractivity contribution in [3.05, 3.63) is 23.8 Å². The number of nitrogen functional groups attached to an aromatic ring is 1. The molecule has 1 aliphatic heterocycles. The van der Waals surface area contributed by atoms with Crippen molar-refractivity contribution in [1.29, 1.82) is 0 Å². The first-order valence-corrected chi connectivity index (χ1v) is 4.15. The number of halogens is 1. The highest BCUT2D eigenvalue weighted by molar-refractivity contribution is 6.61. The van der Waals surface area contributed by atoms with Crippen LogP contribution in [0.2, 0.25) is 0 Å². The summed E-state index contributed by atoms with van der Waals surface area (Å²) >= 11 is 0. The summed E-state index contributed by atoms with van der Waals surface area (Å²) in [5.41, 5.74) is 13.4. The third kappa shape index (κ3) is 1.72. The number of nitrogens with two attached hydrogens (primary N) is 2. The lowest BCUT2D eigenvalue weighted by atomic mass is 9.79. The van der Waals surface area contributed by atoms with Crippen molar-refractivity contribution in [2.75, 3.05) is 12.3 Å². The fraction of sp³-hybridized carbons (Fsp3) is 0.250. The summed E-state index contributed by atoms with van der Waals surface area (Å²) < 4.78 is 5.21. The first-order chi connectivity index (χ1) is 6.22. The second kappa shape index (κ2) is 4.19. The molecule has 0 spiro atoms. The van der Waals surface area contributed by atoms with E-state index in [0.717, 1.165) is 11.0 Å². The fourth-order valence-electron chi connectivity index (χ4n) is 1.59. The molecular weight excluding hydrogens is 202 g/mol. The Bertz CT molecular complexity index is 337. The summed E-state index contributed by atoms with van der Waals surface area (Å²) in [6, 6.07) is 5.34. The average molecular weight is 214 g/mol. The molecular formula is C8H12BClN2O2. The van der Waals surface area contributed by atoms with E-state index in [4.69, 9.17) is 16.1 Å². The summed E-state index contributed by atoms with van der Waals surface area (Å²) in [6.45, 7) is 0.369. The van der Waals surface area contributed by atoms with Crippen LogP contribution < -0.4 is 16.9 Å².